The van der Waals surface area contributed by atoms with Crippen LogP contribution in [0.1, 0.15) is 11.5 Å². The summed E-state index contributed by atoms with van der Waals surface area (Å²) in [5, 5.41) is 46.5. The third-order valence-corrected chi connectivity index (χ3v) is 3.98. The number of nitrogens with two attached hydrogens (primary N) is 1. The molecule has 2 unspecified atom stereocenters. The van der Waals surface area contributed by atoms with E-state index >= 15 is 0 Å². The normalized spacial score (nSPS) is 23.5. The topological polar surface area (TPSA) is 145 Å². The number of hydrogen-bond donors (Lipinski definition) is 1. The van der Waals surface area contributed by atoms with Crippen molar-refractivity contribution in [2.45, 2.75) is 5.92 Å². The fraction of sp³-hybridized carbons (Fsp3) is 0.188. The third kappa shape index (κ3) is 1.49. The minimum absolute atomic E-state index is 0.322. The highest BCUT2D eigenvalue weighted by atomic mass is 14.8. The Morgan fingerprint density at radius 3 is 1.86 bits per heavy atom. The molecule has 0 bridgehead atoms. The molecule has 6 nitrogen and oxygen atoms in total. The van der Waals surface area contributed by atoms with Crippen molar-refractivity contribution < 1.29 is 0 Å². The van der Waals surface area contributed by atoms with E-state index in [1.807, 2.05) is 18.2 Å². The van der Waals surface area contributed by atoms with E-state index < -0.39 is 22.3 Å². The van der Waals surface area contributed by atoms with E-state index in [1.54, 1.807) is 42.5 Å². The molecule has 2 N–H and O–H groups in total. The van der Waals surface area contributed by atoms with Crippen molar-refractivity contribution in [3.05, 3.63) is 47.2 Å². The van der Waals surface area contributed by atoms with E-state index in [0.717, 1.165) is 0 Å². The minimum Gasteiger partial charge on any atom is -0.399 e. The molecule has 0 aliphatic heterocycles. The summed E-state index contributed by atoms with van der Waals surface area (Å²) in [6.07, 6.45) is 0. The number of rotatable bonds is 2. The summed E-state index contributed by atoms with van der Waals surface area (Å²) in [6, 6.07) is 17.4. The van der Waals surface area contributed by atoms with Gasteiger partial charge in [-0.15, -0.1) is 0 Å². The van der Waals surface area contributed by atoms with Gasteiger partial charge in [0.05, 0.1) is 23.9 Å². The molecule has 0 heterocycles. The van der Waals surface area contributed by atoms with Crippen LogP contribution < -0.4 is 5.73 Å². The summed E-state index contributed by atoms with van der Waals surface area (Å²) in [5.74, 6) is -0.808. The summed E-state index contributed by atoms with van der Waals surface area (Å²) >= 11 is 0. The Morgan fingerprint density at radius 2 is 1.45 bits per heavy atom. The number of benzene rings is 1. The highest BCUT2D eigenvalue weighted by molar-refractivity contribution is 5.63. The van der Waals surface area contributed by atoms with Crippen LogP contribution in [0.2, 0.25) is 0 Å². The molecule has 1 fully saturated rings. The van der Waals surface area contributed by atoms with Gasteiger partial charge < -0.3 is 5.73 Å². The average Bonchev–Trinajstić information content (AvgIpc) is 3.20. The maximum absolute atomic E-state index is 9.61. The molecule has 2 atom stereocenters. The van der Waals surface area contributed by atoms with E-state index in [4.69, 9.17) is 16.3 Å². The lowest BCUT2D eigenvalue weighted by atomic mass is 9.90. The highest BCUT2D eigenvalue weighted by Crippen LogP contribution is 2.76. The molecule has 0 spiro atoms. The molecule has 0 amide bonds. The van der Waals surface area contributed by atoms with Crippen LogP contribution in [-0.4, -0.2) is 0 Å². The fourth-order valence-electron chi connectivity index (χ4n) is 2.87. The van der Waals surface area contributed by atoms with Crippen molar-refractivity contribution in [1.82, 2.24) is 0 Å². The summed E-state index contributed by atoms with van der Waals surface area (Å²) in [4.78, 5) is 0. The summed E-state index contributed by atoms with van der Waals surface area (Å²) < 4.78 is 0. The second kappa shape index (κ2) is 4.96. The quantitative estimate of drug-likeness (QED) is 0.816. The average molecular weight is 284 g/mol. The molecular formula is C16H8N6. The molecule has 1 aromatic carbocycles. The van der Waals surface area contributed by atoms with Gasteiger partial charge in [0.25, 0.3) is 0 Å². The Bertz CT molecular complexity index is 833. The Morgan fingerprint density at radius 1 is 0.909 bits per heavy atom. The van der Waals surface area contributed by atoms with E-state index in [-0.39, 0.29) is 5.70 Å². The van der Waals surface area contributed by atoms with Crippen LogP contribution in [-0.2, 0) is 0 Å². The van der Waals surface area contributed by atoms with Gasteiger partial charge in [0.15, 0.2) is 5.41 Å². The molecule has 0 saturated heterocycles. The minimum atomic E-state index is -1.72. The van der Waals surface area contributed by atoms with Crippen LogP contribution in [0, 0.1) is 67.5 Å². The molecule has 0 aromatic heterocycles. The fourth-order valence-corrected chi connectivity index (χ4v) is 2.87. The van der Waals surface area contributed by atoms with Crippen molar-refractivity contribution >= 4 is 0 Å². The van der Waals surface area contributed by atoms with Crippen LogP contribution >= 0.6 is 0 Å². The van der Waals surface area contributed by atoms with E-state index in [0.29, 0.717) is 5.56 Å². The largest absolute Gasteiger partial charge is 0.399 e. The second-order valence-electron chi connectivity index (χ2n) is 4.81. The van der Waals surface area contributed by atoms with Crippen LogP contribution in [0.15, 0.2) is 41.6 Å². The van der Waals surface area contributed by atoms with E-state index in [1.165, 1.54) is 0 Å². The van der Waals surface area contributed by atoms with Gasteiger partial charge in [0.1, 0.15) is 23.1 Å². The molecule has 0 radical (unpaired) electrons. The van der Waals surface area contributed by atoms with Gasteiger partial charge in [-0.2, -0.15) is 26.3 Å². The first kappa shape index (κ1) is 14.6. The lowest BCUT2D eigenvalue weighted by Crippen LogP contribution is -2.20. The molecule has 22 heavy (non-hydrogen) atoms. The number of nitriles is 5. The van der Waals surface area contributed by atoms with Crippen molar-refractivity contribution in [3.63, 3.8) is 0 Å². The molecule has 2 rings (SSSR count). The van der Waals surface area contributed by atoms with Crippen LogP contribution in [0.25, 0.3) is 0 Å². The smallest absolute Gasteiger partial charge is 0.177 e. The number of hydrogen-bond acceptors (Lipinski definition) is 6. The third-order valence-electron chi connectivity index (χ3n) is 3.98. The predicted molar refractivity (Wildman–Crippen MR) is 73.3 cm³/mol. The van der Waals surface area contributed by atoms with Crippen molar-refractivity contribution in [1.29, 1.82) is 26.3 Å². The molecule has 1 aliphatic carbocycles. The van der Waals surface area contributed by atoms with Gasteiger partial charge in [-0.05, 0) is 5.56 Å². The summed E-state index contributed by atoms with van der Waals surface area (Å²) in [6.45, 7) is 0. The number of allylic oxidation sites excluding steroid dienone is 2. The summed E-state index contributed by atoms with van der Waals surface area (Å²) in [7, 11) is 0. The molecule has 1 aromatic rings. The van der Waals surface area contributed by atoms with Crippen LogP contribution in [0.4, 0.5) is 0 Å². The monoisotopic (exact) mass is 284 g/mol. The maximum Gasteiger partial charge on any atom is 0.177 e. The van der Waals surface area contributed by atoms with Gasteiger partial charge in [-0.25, -0.2) is 0 Å². The Kier molecular flexibility index (Phi) is 3.29. The lowest BCUT2D eigenvalue weighted by Gasteiger charge is -2.09. The van der Waals surface area contributed by atoms with Gasteiger partial charge in [-0.1, -0.05) is 30.3 Å². The Balaban J connectivity index is 2.78. The molecule has 6 heteroatoms. The van der Waals surface area contributed by atoms with Crippen LogP contribution in [0.5, 0.6) is 0 Å². The zero-order valence-corrected chi connectivity index (χ0v) is 11.3. The summed E-state index contributed by atoms with van der Waals surface area (Å²) in [5.41, 5.74) is 2.26. The van der Waals surface area contributed by atoms with E-state index in [9.17, 15) is 15.8 Å². The Labute approximate surface area is 127 Å². The zero-order valence-electron chi connectivity index (χ0n) is 11.3. The second-order valence-corrected chi connectivity index (χ2v) is 4.81. The standard InChI is InChI=1S/C16H8N6/c17-6-12(7-18)14(22)16(10-21)13(15(16,8-19)9-20)11-4-2-1-3-5-11/h1-5,13H,22H2. The highest BCUT2D eigenvalue weighted by Gasteiger charge is 2.82. The van der Waals surface area contributed by atoms with E-state index in [2.05, 4.69) is 0 Å². The molecule has 1 aliphatic rings. The molecular weight excluding hydrogens is 276 g/mol. The van der Waals surface area contributed by atoms with Gasteiger partial charge in [0, 0.05) is 5.92 Å². The maximum atomic E-state index is 9.61. The van der Waals surface area contributed by atoms with Gasteiger partial charge in [0.2, 0.25) is 0 Å². The predicted octanol–water partition coefficient (Wildman–Crippen LogP) is 1.59. The zero-order chi connectivity index (χ0) is 16.4. The molecule has 102 valence electrons. The SMILES string of the molecule is N#CC(C#N)=C(N)C1(C#N)C(c2ccccc2)C1(C#N)C#N. The van der Waals surface area contributed by atoms with Crippen LogP contribution in [0.3, 0.4) is 0 Å². The van der Waals surface area contributed by atoms with Gasteiger partial charge in [-0.3, -0.25) is 0 Å². The van der Waals surface area contributed by atoms with Crippen molar-refractivity contribution in [2.24, 2.45) is 16.6 Å². The number of nitrogens with zero attached hydrogens (tertiary/aromatic N) is 5. The van der Waals surface area contributed by atoms with Crippen molar-refractivity contribution in [2.75, 3.05) is 0 Å². The first-order valence-electron chi connectivity index (χ1n) is 6.18. The lowest BCUT2D eigenvalue weighted by molar-refractivity contribution is 0.660. The Hall–Kier alpha value is -3.79. The van der Waals surface area contributed by atoms with Gasteiger partial charge >= 0.3 is 0 Å². The van der Waals surface area contributed by atoms with Crippen molar-refractivity contribution in [3.8, 4) is 30.3 Å². The first-order chi connectivity index (χ1) is 10.6. The molecule has 1 saturated carbocycles. The first-order valence-corrected chi connectivity index (χ1v) is 6.18.